The molecule has 0 aliphatic carbocycles. The standard InChI is InChI=1S/C11H18BrNO2S2/c1-4-13(9(2)8-17(3,14)15)7-10-5-6-11(12)16-10/h5-6,9H,4,7-8H2,1-3H3. The topological polar surface area (TPSA) is 37.4 Å². The average molecular weight is 340 g/mol. The van der Waals surface area contributed by atoms with Crippen molar-refractivity contribution >= 4 is 37.1 Å². The van der Waals surface area contributed by atoms with E-state index < -0.39 is 9.84 Å². The number of nitrogens with zero attached hydrogens (tertiary/aromatic N) is 1. The van der Waals surface area contributed by atoms with Gasteiger partial charge in [0, 0.05) is 23.7 Å². The van der Waals surface area contributed by atoms with Crippen LogP contribution >= 0.6 is 27.3 Å². The zero-order chi connectivity index (χ0) is 13.1. The molecule has 3 nitrogen and oxygen atoms in total. The first-order chi connectivity index (χ1) is 7.81. The molecule has 1 atom stereocenters. The van der Waals surface area contributed by atoms with Gasteiger partial charge in [-0.2, -0.15) is 0 Å². The summed E-state index contributed by atoms with van der Waals surface area (Å²) in [5.74, 6) is 0.216. The van der Waals surface area contributed by atoms with E-state index in [0.717, 1.165) is 16.9 Å². The van der Waals surface area contributed by atoms with Crippen molar-refractivity contribution in [1.82, 2.24) is 4.90 Å². The summed E-state index contributed by atoms with van der Waals surface area (Å²) in [5.41, 5.74) is 0. The molecule has 0 amide bonds. The molecule has 0 radical (unpaired) electrons. The van der Waals surface area contributed by atoms with E-state index in [4.69, 9.17) is 0 Å². The summed E-state index contributed by atoms with van der Waals surface area (Å²) in [7, 11) is -2.91. The van der Waals surface area contributed by atoms with Crippen molar-refractivity contribution in [3.63, 3.8) is 0 Å². The number of hydrogen-bond acceptors (Lipinski definition) is 4. The fraction of sp³-hybridized carbons (Fsp3) is 0.636. The first-order valence-corrected chi connectivity index (χ1v) is 9.15. The van der Waals surface area contributed by atoms with E-state index in [-0.39, 0.29) is 11.8 Å². The summed E-state index contributed by atoms with van der Waals surface area (Å²) in [4.78, 5) is 3.43. The van der Waals surface area contributed by atoms with Crippen LogP contribution in [0, 0.1) is 0 Å². The van der Waals surface area contributed by atoms with Crippen LogP contribution in [0.2, 0.25) is 0 Å². The van der Waals surface area contributed by atoms with Crippen LogP contribution in [0.1, 0.15) is 18.7 Å². The number of rotatable bonds is 6. The Labute approximate surface area is 116 Å². The van der Waals surface area contributed by atoms with Crippen molar-refractivity contribution in [1.29, 1.82) is 0 Å². The zero-order valence-corrected chi connectivity index (χ0v) is 13.5. The van der Waals surface area contributed by atoms with Gasteiger partial charge >= 0.3 is 0 Å². The second kappa shape index (κ2) is 6.31. The average Bonchev–Trinajstić information content (AvgIpc) is 2.57. The Morgan fingerprint density at radius 2 is 2.12 bits per heavy atom. The van der Waals surface area contributed by atoms with Gasteiger partial charge in [0.05, 0.1) is 9.54 Å². The molecule has 0 spiro atoms. The lowest BCUT2D eigenvalue weighted by atomic mass is 10.3. The zero-order valence-electron chi connectivity index (χ0n) is 10.3. The van der Waals surface area contributed by atoms with Crippen LogP contribution in [-0.4, -0.2) is 37.9 Å². The Balaban J connectivity index is 2.65. The summed E-state index contributed by atoms with van der Waals surface area (Å²) in [6, 6.07) is 4.15. The molecule has 17 heavy (non-hydrogen) atoms. The highest BCUT2D eigenvalue weighted by Crippen LogP contribution is 2.23. The lowest BCUT2D eigenvalue weighted by Crippen LogP contribution is -2.37. The molecule has 1 unspecified atom stereocenters. The van der Waals surface area contributed by atoms with Gasteiger partial charge in [-0.15, -0.1) is 11.3 Å². The summed E-state index contributed by atoms with van der Waals surface area (Å²) < 4.78 is 23.7. The minimum Gasteiger partial charge on any atom is -0.295 e. The quantitative estimate of drug-likeness (QED) is 0.799. The highest BCUT2D eigenvalue weighted by Gasteiger charge is 2.17. The molecule has 0 saturated heterocycles. The Morgan fingerprint density at radius 1 is 1.47 bits per heavy atom. The van der Waals surface area contributed by atoms with E-state index in [2.05, 4.69) is 33.8 Å². The van der Waals surface area contributed by atoms with Crippen LogP contribution in [-0.2, 0) is 16.4 Å². The van der Waals surface area contributed by atoms with Gasteiger partial charge in [0.1, 0.15) is 9.84 Å². The van der Waals surface area contributed by atoms with E-state index in [1.807, 2.05) is 13.0 Å². The summed E-state index contributed by atoms with van der Waals surface area (Å²) in [6.45, 7) is 5.68. The van der Waals surface area contributed by atoms with Crippen molar-refractivity contribution in [2.24, 2.45) is 0 Å². The smallest absolute Gasteiger partial charge is 0.148 e. The fourth-order valence-electron chi connectivity index (χ4n) is 1.76. The Kier molecular flexibility index (Phi) is 5.63. The molecular weight excluding hydrogens is 322 g/mol. The first kappa shape index (κ1) is 15.1. The monoisotopic (exact) mass is 339 g/mol. The Bertz CT molecular complexity index is 456. The van der Waals surface area contributed by atoms with Crippen molar-refractivity contribution < 1.29 is 8.42 Å². The van der Waals surface area contributed by atoms with Gasteiger partial charge in [-0.25, -0.2) is 8.42 Å². The summed E-state index contributed by atoms with van der Waals surface area (Å²) in [5, 5.41) is 0. The van der Waals surface area contributed by atoms with Crippen LogP contribution in [0.5, 0.6) is 0 Å². The highest BCUT2D eigenvalue weighted by atomic mass is 79.9. The van der Waals surface area contributed by atoms with E-state index in [1.165, 1.54) is 11.1 Å². The van der Waals surface area contributed by atoms with Crippen LogP contribution in [0.3, 0.4) is 0 Å². The largest absolute Gasteiger partial charge is 0.295 e. The molecule has 1 aromatic heterocycles. The maximum Gasteiger partial charge on any atom is 0.148 e. The highest BCUT2D eigenvalue weighted by molar-refractivity contribution is 9.11. The minimum absolute atomic E-state index is 0.0517. The second-order valence-electron chi connectivity index (χ2n) is 4.21. The Morgan fingerprint density at radius 3 is 2.53 bits per heavy atom. The molecule has 0 N–H and O–H groups in total. The molecular formula is C11H18BrNO2S2. The van der Waals surface area contributed by atoms with Crippen LogP contribution in [0.25, 0.3) is 0 Å². The second-order valence-corrected chi connectivity index (χ2v) is 8.94. The lowest BCUT2D eigenvalue weighted by molar-refractivity contribution is 0.228. The molecule has 0 aliphatic rings. The SMILES string of the molecule is CCN(Cc1ccc(Br)s1)C(C)CS(C)(=O)=O. The van der Waals surface area contributed by atoms with Gasteiger partial charge in [-0.3, -0.25) is 4.90 Å². The van der Waals surface area contributed by atoms with Gasteiger partial charge in [0.2, 0.25) is 0 Å². The van der Waals surface area contributed by atoms with Crippen molar-refractivity contribution in [3.8, 4) is 0 Å². The van der Waals surface area contributed by atoms with Gasteiger partial charge in [-0.1, -0.05) is 6.92 Å². The van der Waals surface area contributed by atoms with E-state index in [0.29, 0.717) is 0 Å². The van der Waals surface area contributed by atoms with E-state index >= 15 is 0 Å². The third-order valence-corrected chi connectivity index (χ3v) is 5.26. The van der Waals surface area contributed by atoms with E-state index in [9.17, 15) is 8.42 Å². The number of hydrogen-bond donors (Lipinski definition) is 0. The number of thiophene rings is 1. The first-order valence-electron chi connectivity index (χ1n) is 5.48. The molecule has 1 rings (SSSR count). The molecule has 0 aliphatic heterocycles. The van der Waals surface area contributed by atoms with E-state index in [1.54, 1.807) is 11.3 Å². The maximum absolute atomic E-state index is 11.3. The van der Waals surface area contributed by atoms with Gasteiger partial charge in [0.25, 0.3) is 0 Å². The molecule has 0 saturated carbocycles. The van der Waals surface area contributed by atoms with Crippen molar-refractivity contribution in [2.45, 2.75) is 26.4 Å². The summed E-state index contributed by atoms with van der Waals surface area (Å²) >= 11 is 5.13. The van der Waals surface area contributed by atoms with Crippen LogP contribution < -0.4 is 0 Å². The molecule has 1 aromatic rings. The van der Waals surface area contributed by atoms with Gasteiger partial charge in [-0.05, 0) is 41.5 Å². The molecule has 0 aromatic carbocycles. The predicted octanol–water partition coefficient (Wildman–Crippen LogP) is 2.77. The van der Waals surface area contributed by atoms with Crippen LogP contribution in [0.4, 0.5) is 0 Å². The normalized spacial score (nSPS) is 14.2. The minimum atomic E-state index is -2.91. The third kappa shape index (κ3) is 5.50. The maximum atomic E-state index is 11.3. The van der Waals surface area contributed by atoms with Crippen LogP contribution in [0.15, 0.2) is 15.9 Å². The van der Waals surface area contributed by atoms with Crippen molar-refractivity contribution in [2.75, 3.05) is 18.6 Å². The molecule has 0 fully saturated rings. The fourth-order valence-corrected chi connectivity index (χ4v) is 4.36. The predicted molar refractivity (Wildman–Crippen MR) is 77.3 cm³/mol. The van der Waals surface area contributed by atoms with Crippen molar-refractivity contribution in [3.05, 3.63) is 20.8 Å². The molecule has 1 heterocycles. The molecule has 6 heteroatoms. The van der Waals surface area contributed by atoms with Gasteiger partial charge in [0.15, 0.2) is 0 Å². The molecule has 0 bridgehead atoms. The van der Waals surface area contributed by atoms with Gasteiger partial charge < -0.3 is 0 Å². The Hall–Kier alpha value is 0.0900. The molecule has 98 valence electrons. The lowest BCUT2D eigenvalue weighted by Gasteiger charge is -2.26. The number of halogens is 1. The number of sulfone groups is 1. The third-order valence-electron chi connectivity index (χ3n) is 2.56. The summed E-state index contributed by atoms with van der Waals surface area (Å²) in [6.07, 6.45) is 1.29.